The molecule has 5 heteroatoms. The van der Waals surface area contributed by atoms with E-state index in [-0.39, 0.29) is 0 Å². The summed E-state index contributed by atoms with van der Waals surface area (Å²) in [6.45, 7) is 6.64. The van der Waals surface area contributed by atoms with Gasteiger partial charge in [-0.05, 0) is 15.9 Å². The van der Waals surface area contributed by atoms with Crippen molar-refractivity contribution in [1.82, 2.24) is 9.97 Å². The molecule has 0 amide bonds. The van der Waals surface area contributed by atoms with Crippen LogP contribution in [0.2, 0.25) is 0 Å². The van der Waals surface area contributed by atoms with Crippen LogP contribution in [0, 0.1) is 0 Å². The number of halogens is 1. The molecule has 0 aromatic carbocycles. The van der Waals surface area contributed by atoms with Gasteiger partial charge in [-0.15, -0.1) is 6.58 Å². The van der Waals surface area contributed by atoms with Crippen LogP contribution in [0.25, 0.3) is 0 Å². The van der Waals surface area contributed by atoms with E-state index in [4.69, 9.17) is 0 Å². The van der Waals surface area contributed by atoms with Crippen molar-refractivity contribution >= 4 is 33.5 Å². The Kier molecular flexibility index (Phi) is 6.49. The van der Waals surface area contributed by atoms with Crippen LogP contribution < -0.4 is 5.32 Å². The number of thioether (sulfide) groups is 1. The minimum atomic E-state index is 0.834. The Bertz CT molecular complexity index is 344. The summed E-state index contributed by atoms with van der Waals surface area (Å²) in [5, 5.41) is 3.28. The Morgan fingerprint density at radius 2 is 2.38 bits per heavy atom. The van der Waals surface area contributed by atoms with E-state index in [9.17, 15) is 0 Å². The van der Waals surface area contributed by atoms with E-state index in [0.717, 1.165) is 40.7 Å². The largest absolute Gasteiger partial charge is 0.369 e. The topological polar surface area (TPSA) is 37.8 Å². The standard InChI is InChI=1S/C11H16BrN3S/c1-3-6-16-7-5-13-11-8-9(12)14-10(4-2)15-11/h3,8H,1,4-7H2,2H3,(H,13,14,15). The molecule has 0 aliphatic rings. The maximum absolute atomic E-state index is 4.39. The highest BCUT2D eigenvalue weighted by atomic mass is 79.9. The smallest absolute Gasteiger partial charge is 0.131 e. The monoisotopic (exact) mass is 301 g/mol. The molecule has 1 heterocycles. The normalized spacial score (nSPS) is 10.1. The van der Waals surface area contributed by atoms with Gasteiger partial charge in [-0.3, -0.25) is 0 Å². The van der Waals surface area contributed by atoms with Crippen LogP contribution >= 0.6 is 27.7 Å². The van der Waals surface area contributed by atoms with Crippen LogP contribution in [-0.4, -0.2) is 28.0 Å². The SMILES string of the molecule is C=CCSCCNc1cc(Br)nc(CC)n1. The highest BCUT2D eigenvalue weighted by Crippen LogP contribution is 2.12. The molecule has 0 unspecified atom stereocenters. The van der Waals surface area contributed by atoms with Gasteiger partial charge < -0.3 is 5.32 Å². The summed E-state index contributed by atoms with van der Waals surface area (Å²) in [6.07, 6.45) is 2.76. The molecule has 0 bridgehead atoms. The Morgan fingerprint density at radius 3 is 3.06 bits per heavy atom. The first-order valence-electron chi connectivity index (χ1n) is 5.22. The van der Waals surface area contributed by atoms with E-state index in [0.29, 0.717) is 0 Å². The lowest BCUT2D eigenvalue weighted by Crippen LogP contribution is -2.07. The first-order chi connectivity index (χ1) is 7.76. The van der Waals surface area contributed by atoms with Gasteiger partial charge in [0.05, 0.1) is 0 Å². The maximum Gasteiger partial charge on any atom is 0.131 e. The molecule has 0 spiro atoms. The molecule has 16 heavy (non-hydrogen) atoms. The van der Waals surface area contributed by atoms with Crippen molar-refractivity contribution in [1.29, 1.82) is 0 Å². The van der Waals surface area contributed by atoms with Gasteiger partial charge in [0.2, 0.25) is 0 Å². The second kappa shape index (κ2) is 7.68. The fourth-order valence-electron chi connectivity index (χ4n) is 1.13. The fraction of sp³-hybridized carbons (Fsp3) is 0.455. The predicted molar refractivity (Wildman–Crippen MR) is 75.1 cm³/mol. The number of hydrogen-bond donors (Lipinski definition) is 1. The molecule has 0 saturated carbocycles. The minimum Gasteiger partial charge on any atom is -0.369 e. The average molecular weight is 302 g/mol. The van der Waals surface area contributed by atoms with Crippen molar-refractivity contribution in [2.45, 2.75) is 13.3 Å². The molecule has 3 nitrogen and oxygen atoms in total. The average Bonchev–Trinajstić information content (AvgIpc) is 2.28. The first-order valence-corrected chi connectivity index (χ1v) is 7.17. The number of hydrogen-bond acceptors (Lipinski definition) is 4. The van der Waals surface area contributed by atoms with Gasteiger partial charge >= 0.3 is 0 Å². The maximum atomic E-state index is 4.39. The quantitative estimate of drug-likeness (QED) is 0.477. The lowest BCUT2D eigenvalue weighted by Gasteiger charge is -2.06. The molecule has 0 radical (unpaired) electrons. The molecule has 0 atom stereocenters. The molecular weight excluding hydrogens is 286 g/mol. The minimum absolute atomic E-state index is 0.834. The Morgan fingerprint density at radius 1 is 1.56 bits per heavy atom. The Hall–Kier alpha value is -0.550. The lowest BCUT2D eigenvalue weighted by atomic mass is 10.4. The number of aromatic nitrogens is 2. The van der Waals surface area contributed by atoms with Crippen LogP contribution in [0.15, 0.2) is 23.3 Å². The summed E-state index contributed by atoms with van der Waals surface area (Å²) in [6, 6.07) is 1.90. The number of aryl methyl sites for hydroxylation is 1. The Balaban J connectivity index is 2.41. The zero-order valence-corrected chi connectivity index (χ0v) is 11.8. The van der Waals surface area contributed by atoms with Crippen molar-refractivity contribution in [2.24, 2.45) is 0 Å². The van der Waals surface area contributed by atoms with Crippen molar-refractivity contribution in [3.05, 3.63) is 29.1 Å². The van der Waals surface area contributed by atoms with Gasteiger partial charge in [-0.25, -0.2) is 9.97 Å². The van der Waals surface area contributed by atoms with Crippen molar-refractivity contribution in [3.63, 3.8) is 0 Å². The molecule has 0 fully saturated rings. The van der Waals surface area contributed by atoms with Gasteiger partial charge in [0.25, 0.3) is 0 Å². The molecule has 1 N–H and O–H groups in total. The summed E-state index contributed by atoms with van der Waals surface area (Å²) in [5.74, 6) is 3.79. The van der Waals surface area contributed by atoms with Crippen LogP contribution in [0.5, 0.6) is 0 Å². The van der Waals surface area contributed by atoms with Crippen LogP contribution in [0.3, 0.4) is 0 Å². The third-order valence-electron chi connectivity index (χ3n) is 1.85. The number of nitrogens with zero attached hydrogens (tertiary/aromatic N) is 2. The lowest BCUT2D eigenvalue weighted by molar-refractivity contribution is 0.925. The summed E-state index contributed by atoms with van der Waals surface area (Å²) < 4.78 is 0.834. The predicted octanol–water partition coefficient (Wildman–Crippen LogP) is 3.13. The molecule has 0 aliphatic heterocycles. The third-order valence-corrected chi connectivity index (χ3v) is 3.22. The van der Waals surface area contributed by atoms with Crippen molar-refractivity contribution in [3.8, 4) is 0 Å². The second-order valence-electron chi connectivity index (χ2n) is 3.14. The summed E-state index contributed by atoms with van der Waals surface area (Å²) >= 11 is 5.23. The summed E-state index contributed by atoms with van der Waals surface area (Å²) in [4.78, 5) is 8.65. The first kappa shape index (κ1) is 13.5. The van der Waals surface area contributed by atoms with E-state index < -0.39 is 0 Å². The van der Waals surface area contributed by atoms with Gasteiger partial charge in [0, 0.05) is 30.5 Å². The number of rotatable bonds is 7. The highest BCUT2D eigenvalue weighted by Gasteiger charge is 2.00. The zero-order chi connectivity index (χ0) is 11.8. The molecule has 1 aromatic heterocycles. The van der Waals surface area contributed by atoms with Gasteiger partial charge in [0.15, 0.2) is 0 Å². The number of anilines is 1. The molecule has 1 rings (SSSR count). The summed E-state index contributed by atoms with van der Waals surface area (Å²) in [7, 11) is 0. The zero-order valence-electron chi connectivity index (χ0n) is 9.37. The van der Waals surface area contributed by atoms with E-state index >= 15 is 0 Å². The highest BCUT2D eigenvalue weighted by molar-refractivity contribution is 9.10. The van der Waals surface area contributed by atoms with Gasteiger partial charge in [0.1, 0.15) is 16.2 Å². The van der Waals surface area contributed by atoms with Gasteiger partial charge in [-0.2, -0.15) is 11.8 Å². The second-order valence-corrected chi connectivity index (χ2v) is 5.10. The Labute approximate surface area is 109 Å². The van der Waals surface area contributed by atoms with E-state index in [1.807, 2.05) is 30.8 Å². The number of nitrogens with one attached hydrogen (secondary N) is 1. The van der Waals surface area contributed by atoms with Crippen LogP contribution in [0.4, 0.5) is 5.82 Å². The van der Waals surface area contributed by atoms with Crippen molar-refractivity contribution < 1.29 is 0 Å². The van der Waals surface area contributed by atoms with Crippen LogP contribution in [-0.2, 0) is 6.42 Å². The molecular formula is C11H16BrN3S. The molecule has 0 aliphatic carbocycles. The van der Waals surface area contributed by atoms with Gasteiger partial charge in [-0.1, -0.05) is 13.0 Å². The van der Waals surface area contributed by atoms with E-state index in [2.05, 4.69) is 37.8 Å². The van der Waals surface area contributed by atoms with E-state index in [1.54, 1.807) is 0 Å². The molecule has 0 saturated heterocycles. The van der Waals surface area contributed by atoms with E-state index in [1.165, 1.54) is 0 Å². The fourth-order valence-corrected chi connectivity index (χ4v) is 2.13. The summed E-state index contributed by atoms with van der Waals surface area (Å²) in [5.41, 5.74) is 0. The van der Waals surface area contributed by atoms with Crippen molar-refractivity contribution in [2.75, 3.05) is 23.4 Å². The molecule has 88 valence electrons. The van der Waals surface area contributed by atoms with Crippen LogP contribution in [0.1, 0.15) is 12.7 Å². The molecule has 1 aromatic rings. The third kappa shape index (κ3) is 4.99.